The maximum absolute atomic E-state index is 8.91. The first-order valence-corrected chi connectivity index (χ1v) is 5.72. The molecule has 0 fully saturated rings. The second-order valence-corrected chi connectivity index (χ2v) is 4.15. The summed E-state index contributed by atoms with van der Waals surface area (Å²) < 4.78 is 0. The van der Waals surface area contributed by atoms with E-state index in [2.05, 4.69) is 47.3 Å². The lowest BCUT2D eigenvalue weighted by molar-refractivity contribution is 1.06. The molecule has 18 heavy (non-hydrogen) atoms. The van der Waals surface area contributed by atoms with Crippen LogP contribution in [0.5, 0.6) is 0 Å². The quantitative estimate of drug-likeness (QED) is 0.892. The van der Waals surface area contributed by atoms with Crippen LogP contribution in [-0.2, 0) is 6.54 Å². The maximum atomic E-state index is 8.91. The third-order valence-electron chi connectivity index (χ3n) is 2.75. The fourth-order valence-corrected chi connectivity index (χ4v) is 1.77. The molecular weight excluding hydrogens is 224 g/mol. The molecule has 0 saturated carbocycles. The molecule has 4 heteroatoms. The van der Waals surface area contributed by atoms with E-state index in [4.69, 9.17) is 5.26 Å². The van der Waals surface area contributed by atoms with E-state index in [1.54, 1.807) is 6.20 Å². The van der Waals surface area contributed by atoms with Gasteiger partial charge in [0.05, 0.1) is 0 Å². The molecule has 1 aromatic heterocycles. The molecule has 90 valence electrons. The third-order valence-corrected chi connectivity index (χ3v) is 2.75. The molecule has 0 aliphatic carbocycles. The summed E-state index contributed by atoms with van der Waals surface area (Å²) in [6, 6.07) is 8.32. The van der Waals surface area contributed by atoms with Crippen LogP contribution in [0.15, 0.2) is 30.6 Å². The Morgan fingerprint density at radius 1 is 1.22 bits per heavy atom. The number of nitrogens with one attached hydrogen (secondary N) is 1. The largest absolute Gasteiger partial charge is 0.364 e. The molecule has 4 nitrogen and oxygen atoms in total. The van der Waals surface area contributed by atoms with Crippen molar-refractivity contribution >= 4 is 5.82 Å². The number of nitriles is 1. The predicted molar refractivity (Wildman–Crippen MR) is 70.0 cm³/mol. The van der Waals surface area contributed by atoms with Crippen molar-refractivity contribution < 1.29 is 0 Å². The Bertz CT molecular complexity index is 599. The van der Waals surface area contributed by atoms with Crippen LogP contribution in [-0.4, -0.2) is 9.97 Å². The summed E-state index contributed by atoms with van der Waals surface area (Å²) in [6.07, 6.45) is 3.09. The van der Waals surface area contributed by atoms with Gasteiger partial charge < -0.3 is 5.32 Å². The van der Waals surface area contributed by atoms with Gasteiger partial charge >= 0.3 is 0 Å². The number of rotatable bonds is 3. The minimum Gasteiger partial charge on any atom is -0.364 e. The van der Waals surface area contributed by atoms with Crippen LogP contribution in [0.3, 0.4) is 0 Å². The highest BCUT2D eigenvalue weighted by atomic mass is 15.0. The first kappa shape index (κ1) is 12.1. The van der Waals surface area contributed by atoms with E-state index < -0.39 is 0 Å². The molecular formula is C14H14N4. The number of aromatic nitrogens is 2. The molecule has 0 amide bonds. The van der Waals surface area contributed by atoms with Crippen LogP contribution < -0.4 is 5.32 Å². The summed E-state index contributed by atoms with van der Waals surface area (Å²) in [4.78, 5) is 8.08. The van der Waals surface area contributed by atoms with E-state index in [9.17, 15) is 0 Å². The van der Waals surface area contributed by atoms with Crippen molar-refractivity contribution in [2.45, 2.75) is 20.4 Å². The van der Waals surface area contributed by atoms with Gasteiger partial charge in [-0.2, -0.15) is 5.26 Å². The SMILES string of the molecule is Cc1ccc(CNc2nccnc2C#N)c(C)c1. The first-order chi connectivity index (χ1) is 8.70. The fourth-order valence-electron chi connectivity index (χ4n) is 1.77. The zero-order chi connectivity index (χ0) is 13.0. The number of hydrogen-bond acceptors (Lipinski definition) is 4. The molecule has 2 rings (SSSR count). The number of aryl methyl sites for hydroxylation is 2. The van der Waals surface area contributed by atoms with E-state index >= 15 is 0 Å². The van der Waals surface area contributed by atoms with Crippen LogP contribution in [0.2, 0.25) is 0 Å². The van der Waals surface area contributed by atoms with Gasteiger partial charge in [-0.1, -0.05) is 23.8 Å². The Morgan fingerprint density at radius 2 is 2.00 bits per heavy atom. The van der Waals surface area contributed by atoms with Crippen molar-refractivity contribution in [3.63, 3.8) is 0 Å². The molecule has 1 heterocycles. The summed E-state index contributed by atoms with van der Waals surface area (Å²) in [5.74, 6) is 0.528. The minimum atomic E-state index is 0.322. The molecule has 2 aromatic rings. The molecule has 0 unspecified atom stereocenters. The number of benzene rings is 1. The van der Waals surface area contributed by atoms with Gasteiger partial charge in [0.15, 0.2) is 11.5 Å². The molecule has 0 aliphatic heterocycles. The number of hydrogen-bond donors (Lipinski definition) is 1. The summed E-state index contributed by atoms with van der Waals surface area (Å²) in [5.41, 5.74) is 3.98. The molecule has 0 radical (unpaired) electrons. The van der Waals surface area contributed by atoms with E-state index in [0.717, 1.165) is 0 Å². The van der Waals surface area contributed by atoms with Crippen LogP contribution in [0.25, 0.3) is 0 Å². The number of nitrogens with zero attached hydrogens (tertiary/aromatic N) is 3. The van der Waals surface area contributed by atoms with Crippen molar-refractivity contribution in [1.29, 1.82) is 5.26 Å². The van der Waals surface area contributed by atoms with Gasteiger partial charge in [-0.3, -0.25) is 0 Å². The molecule has 1 N–H and O–H groups in total. The Morgan fingerprint density at radius 3 is 2.72 bits per heavy atom. The zero-order valence-electron chi connectivity index (χ0n) is 10.4. The Balaban J connectivity index is 2.14. The van der Waals surface area contributed by atoms with E-state index in [1.807, 2.05) is 6.07 Å². The zero-order valence-corrected chi connectivity index (χ0v) is 10.4. The van der Waals surface area contributed by atoms with Gasteiger partial charge in [0.25, 0.3) is 0 Å². The third kappa shape index (κ3) is 2.64. The Labute approximate surface area is 106 Å². The maximum Gasteiger partial charge on any atom is 0.182 e. The molecule has 0 saturated heterocycles. The summed E-state index contributed by atoms with van der Waals surface area (Å²) in [6.45, 7) is 4.78. The Kier molecular flexibility index (Phi) is 3.54. The second kappa shape index (κ2) is 5.28. The van der Waals surface area contributed by atoms with Crippen molar-refractivity contribution in [3.8, 4) is 6.07 Å². The lowest BCUT2D eigenvalue weighted by Crippen LogP contribution is -2.05. The van der Waals surface area contributed by atoms with Crippen molar-refractivity contribution in [3.05, 3.63) is 53.0 Å². The van der Waals surface area contributed by atoms with Gasteiger partial charge in [-0.05, 0) is 25.0 Å². The van der Waals surface area contributed by atoms with Crippen LogP contribution in [0.1, 0.15) is 22.4 Å². The fraction of sp³-hybridized carbons (Fsp3) is 0.214. The predicted octanol–water partition coefficient (Wildman–Crippen LogP) is 2.58. The lowest BCUT2D eigenvalue weighted by Gasteiger charge is -2.09. The highest BCUT2D eigenvalue weighted by molar-refractivity contribution is 5.47. The van der Waals surface area contributed by atoms with Crippen molar-refractivity contribution in [2.24, 2.45) is 0 Å². The highest BCUT2D eigenvalue weighted by Gasteiger charge is 2.04. The first-order valence-electron chi connectivity index (χ1n) is 5.72. The van der Waals surface area contributed by atoms with E-state index in [-0.39, 0.29) is 0 Å². The van der Waals surface area contributed by atoms with E-state index in [0.29, 0.717) is 18.1 Å². The van der Waals surface area contributed by atoms with Gasteiger partial charge in [0.2, 0.25) is 0 Å². The molecule has 0 spiro atoms. The average Bonchev–Trinajstić information content (AvgIpc) is 2.38. The summed E-state index contributed by atoms with van der Waals surface area (Å²) >= 11 is 0. The van der Waals surface area contributed by atoms with E-state index in [1.165, 1.54) is 22.9 Å². The van der Waals surface area contributed by atoms with Crippen LogP contribution >= 0.6 is 0 Å². The van der Waals surface area contributed by atoms with Crippen molar-refractivity contribution in [2.75, 3.05) is 5.32 Å². The smallest absolute Gasteiger partial charge is 0.182 e. The topological polar surface area (TPSA) is 61.6 Å². The Hall–Kier alpha value is -2.41. The van der Waals surface area contributed by atoms with Crippen molar-refractivity contribution in [1.82, 2.24) is 9.97 Å². The molecule has 0 aliphatic rings. The van der Waals surface area contributed by atoms with Gasteiger partial charge in [0.1, 0.15) is 6.07 Å². The molecule has 0 bridgehead atoms. The monoisotopic (exact) mass is 238 g/mol. The summed E-state index contributed by atoms with van der Waals surface area (Å²) in [7, 11) is 0. The van der Waals surface area contributed by atoms with Gasteiger partial charge in [0, 0.05) is 18.9 Å². The standard InChI is InChI=1S/C14H14N4/c1-10-3-4-12(11(2)7-10)9-18-14-13(8-15)16-5-6-17-14/h3-7H,9H2,1-2H3,(H,17,18). The normalized spacial score (nSPS) is 9.83. The number of anilines is 1. The summed E-state index contributed by atoms with van der Waals surface area (Å²) in [5, 5.41) is 12.1. The van der Waals surface area contributed by atoms with Gasteiger partial charge in [-0.25, -0.2) is 9.97 Å². The van der Waals surface area contributed by atoms with Gasteiger partial charge in [-0.15, -0.1) is 0 Å². The minimum absolute atomic E-state index is 0.322. The molecule has 1 aromatic carbocycles. The second-order valence-electron chi connectivity index (χ2n) is 4.15. The highest BCUT2D eigenvalue weighted by Crippen LogP contribution is 2.13. The van der Waals surface area contributed by atoms with Crippen LogP contribution in [0, 0.1) is 25.2 Å². The molecule has 0 atom stereocenters. The average molecular weight is 238 g/mol. The lowest BCUT2D eigenvalue weighted by atomic mass is 10.1. The van der Waals surface area contributed by atoms with Crippen LogP contribution in [0.4, 0.5) is 5.82 Å².